The van der Waals surface area contributed by atoms with Crippen LogP contribution < -0.4 is 0 Å². The number of esters is 8. The van der Waals surface area contributed by atoms with E-state index in [0.717, 1.165) is 67.2 Å². The van der Waals surface area contributed by atoms with Gasteiger partial charge in [0.15, 0.2) is 55.3 Å². The van der Waals surface area contributed by atoms with E-state index in [4.69, 9.17) is 66.3 Å². The molecule has 0 saturated carbocycles. The van der Waals surface area contributed by atoms with Gasteiger partial charge in [-0.3, -0.25) is 38.4 Å². The van der Waals surface area contributed by atoms with Gasteiger partial charge in [-0.25, -0.2) is 0 Å². The van der Waals surface area contributed by atoms with Crippen molar-refractivity contribution in [1.29, 1.82) is 0 Å². The topological polar surface area (TPSA) is 266 Å². The maximum Gasteiger partial charge on any atom is 0.303 e. The third kappa shape index (κ3) is 15.9. The molecule has 0 unspecified atom stereocenters. The fourth-order valence-corrected chi connectivity index (χ4v) is 9.06. The number of benzene rings is 2. The van der Waals surface area contributed by atoms with Gasteiger partial charge in [0.05, 0.1) is 19.3 Å². The van der Waals surface area contributed by atoms with Crippen LogP contribution in [0.3, 0.4) is 0 Å². The molecule has 3 heterocycles. The molecule has 2 aromatic carbocycles. The number of carbonyl (C=O) groups excluding carboxylic acids is 8. The standard InChI is InChI=1S/C47H58O22S/c1-23-36(60-25(3)49)40(63-28(6)52)42(65-30(8)54)45(59-23)58-22-35-37(61-26(4)50)39(57-20-32-16-12-10-13-17-32)44(47(68-35)70-33-18-14-11-15-19-33)69-46-43(66-31(9)55)41(64-29(7)53)38(62-27(5)51)34(67-46)21-56-24(2)48/h10-19,23,34-47H,20-22H2,1-9H3/t23-,34+,35+,36-,37+,38+,39-,40+,41-,42+,43+,44+,45+,46-,47-/m0/s1. The summed E-state index contributed by atoms with van der Waals surface area (Å²) < 4.78 is 83.9. The normalized spacial score (nSPS) is 30.6. The monoisotopic (exact) mass is 1010 g/mol. The van der Waals surface area contributed by atoms with E-state index in [9.17, 15) is 38.4 Å². The Bertz CT molecular complexity index is 2120. The van der Waals surface area contributed by atoms with Gasteiger partial charge in [0.2, 0.25) is 0 Å². The predicted octanol–water partition coefficient (Wildman–Crippen LogP) is 3.05. The Morgan fingerprint density at radius 2 is 0.886 bits per heavy atom. The first-order chi connectivity index (χ1) is 33.2. The summed E-state index contributed by atoms with van der Waals surface area (Å²) in [6.07, 6.45) is -20.0. The van der Waals surface area contributed by atoms with E-state index >= 15 is 0 Å². The molecule has 0 bridgehead atoms. The van der Waals surface area contributed by atoms with Gasteiger partial charge in [0.1, 0.15) is 36.5 Å². The molecule has 0 radical (unpaired) electrons. The third-order valence-corrected chi connectivity index (χ3v) is 11.6. The van der Waals surface area contributed by atoms with Crippen LogP contribution in [0.4, 0.5) is 0 Å². The second-order valence-corrected chi connectivity index (χ2v) is 17.4. The van der Waals surface area contributed by atoms with Crippen molar-refractivity contribution in [3.8, 4) is 0 Å². The summed E-state index contributed by atoms with van der Waals surface area (Å²) in [6, 6.07) is 17.8. The van der Waals surface area contributed by atoms with Crippen molar-refractivity contribution in [2.75, 3.05) is 13.2 Å². The van der Waals surface area contributed by atoms with Gasteiger partial charge < -0.3 is 66.3 Å². The maximum atomic E-state index is 13.1. The van der Waals surface area contributed by atoms with Crippen LogP contribution in [-0.2, 0) is 111 Å². The van der Waals surface area contributed by atoms with E-state index in [1.807, 2.05) is 0 Å². The molecule has 15 atom stereocenters. The molecule has 3 fully saturated rings. The van der Waals surface area contributed by atoms with Crippen LogP contribution >= 0.6 is 11.8 Å². The maximum absolute atomic E-state index is 13.1. The summed E-state index contributed by atoms with van der Waals surface area (Å²) in [6.45, 7) is 9.24. The summed E-state index contributed by atoms with van der Waals surface area (Å²) in [4.78, 5) is 101. The first-order valence-corrected chi connectivity index (χ1v) is 23.0. The van der Waals surface area contributed by atoms with Crippen molar-refractivity contribution in [2.24, 2.45) is 0 Å². The molecule has 2 aromatic rings. The highest BCUT2D eigenvalue weighted by Crippen LogP contribution is 2.41. The molecule has 0 aromatic heterocycles. The molecule has 22 nitrogen and oxygen atoms in total. The van der Waals surface area contributed by atoms with Crippen LogP contribution in [0.5, 0.6) is 0 Å². The van der Waals surface area contributed by atoms with Crippen molar-refractivity contribution in [3.05, 3.63) is 66.2 Å². The van der Waals surface area contributed by atoms with E-state index in [2.05, 4.69) is 0 Å². The lowest BCUT2D eigenvalue weighted by atomic mass is 9.96. The molecule has 3 aliphatic rings. The van der Waals surface area contributed by atoms with Gasteiger partial charge >= 0.3 is 47.8 Å². The smallest absolute Gasteiger partial charge is 0.303 e. The zero-order valence-electron chi connectivity index (χ0n) is 39.9. The minimum Gasteiger partial charge on any atom is -0.463 e. The second-order valence-electron chi connectivity index (χ2n) is 16.2. The first-order valence-electron chi connectivity index (χ1n) is 22.1. The SMILES string of the molecule is CC(=O)OC[C@H]1O[C@@H](O[C@@H]2[C@@H](OCc3ccccc3)[C@H](OC(C)=O)[C@@H](CO[C@@H]3O[C@@H](C)[C@H](OC(C)=O)[C@@H](OC(C)=O)[C@H]3OC(C)=O)O[C@H]2Sc2ccccc2)[C@H](OC(C)=O)[C@@H](OC(C)=O)[C@@H]1OC(C)=O. The molecular weight excluding hydrogens is 949 g/mol. The summed E-state index contributed by atoms with van der Waals surface area (Å²) in [5, 5.41) is 0. The summed E-state index contributed by atoms with van der Waals surface area (Å²) in [5.41, 5.74) is -0.512. The lowest BCUT2D eigenvalue weighted by Gasteiger charge is -2.49. The molecular formula is C47H58O22S. The Morgan fingerprint density at radius 3 is 1.41 bits per heavy atom. The lowest BCUT2D eigenvalue weighted by Crippen LogP contribution is -2.66. The molecule has 384 valence electrons. The summed E-state index contributed by atoms with van der Waals surface area (Å²) in [5.74, 6) is -6.49. The lowest BCUT2D eigenvalue weighted by molar-refractivity contribution is -0.344. The Morgan fingerprint density at radius 1 is 0.443 bits per heavy atom. The molecule has 0 amide bonds. The van der Waals surface area contributed by atoms with Crippen molar-refractivity contribution < 1.29 is 105 Å². The molecule has 0 N–H and O–H groups in total. The van der Waals surface area contributed by atoms with Gasteiger partial charge in [0.25, 0.3) is 0 Å². The van der Waals surface area contributed by atoms with E-state index in [1.54, 1.807) is 60.7 Å². The fraction of sp³-hybridized carbons (Fsp3) is 0.574. The Hall–Kier alpha value is -5.69. The Labute approximate surface area is 407 Å². The highest BCUT2D eigenvalue weighted by atomic mass is 32.2. The van der Waals surface area contributed by atoms with Gasteiger partial charge in [-0.15, -0.1) is 0 Å². The van der Waals surface area contributed by atoms with Crippen molar-refractivity contribution >= 4 is 59.5 Å². The second kappa shape index (κ2) is 26.0. The van der Waals surface area contributed by atoms with Crippen LogP contribution in [0.25, 0.3) is 0 Å². The number of hydrogen-bond acceptors (Lipinski definition) is 23. The highest BCUT2D eigenvalue weighted by molar-refractivity contribution is 7.99. The molecule has 23 heteroatoms. The minimum atomic E-state index is -1.74. The first kappa shape index (κ1) is 55.2. The number of rotatable bonds is 19. The Balaban J connectivity index is 1.63. The van der Waals surface area contributed by atoms with Crippen molar-refractivity contribution in [2.45, 2.75) is 165 Å². The van der Waals surface area contributed by atoms with Crippen LogP contribution in [0.2, 0.25) is 0 Å². The molecule has 0 spiro atoms. The van der Waals surface area contributed by atoms with Crippen LogP contribution in [0, 0.1) is 0 Å². The number of carbonyl (C=O) groups is 8. The minimum absolute atomic E-state index is 0.114. The van der Waals surface area contributed by atoms with Crippen LogP contribution in [0.1, 0.15) is 67.9 Å². The molecule has 3 aliphatic heterocycles. The zero-order valence-corrected chi connectivity index (χ0v) is 40.8. The van der Waals surface area contributed by atoms with E-state index in [-0.39, 0.29) is 6.61 Å². The number of hydrogen-bond donors (Lipinski definition) is 0. The summed E-state index contributed by atoms with van der Waals surface area (Å²) in [7, 11) is 0. The quantitative estimate of drug-likeness (QED) is 0.145. The molecule has 0 aliphatic carbocycles. The molecule has 3 saturated heterocycles. The largest absolute Gasteiger partial charge is 0.463 e. The fourth-order valence-electron chi connectivity index (χ4n) is 7.92. The number of ether oxygens (including phenoxy) is 14. The number of thioether (sulfide) groups is 1. The van der Waals surface area contributed by atoms with Crippen LogP contribution in [-0.4, -0.2) is 152 Å². The summed E-state index contributed by atoms with van der Waals surface area (Å²) >= 11 is 1.13. The van der Waals surface area contributed by atoms with Gasteiger partial charge in [-0.05, 0) is 24.6 Å². The van der Waals surface area contributed by atoms with Crippen molar-refractivity contribution in [3.63, 3.8) is 0 Å². The van der Waals surface area contributed by atoms with Gasteiger partial charge in [-0.2, -0.15) is 0 Å². The van der Waals surface area contributed by atoms with Crippen LogP contribution in [0.15, 0.2) is 65.6 Å². The molecule has 5 rings (SSSR count). The van der Waals surface area contributed by atoms with E-state index in [1.165, 1.54) is 6.92 Å². The predicted molar refractivity (Wildman–Crippen MR) is 235 cm³/mol. The van der Waals surface area contributed by atoms with E-state index < -0.39 is 152 Å². The Kier molecular flexibility index (Phi) is 20.5. The van der Waals surface area contributed by atoms with E-state index in [0.29, 0.717) is 10.5 Å². The molecule has 70 heavy (non-hydrogen) atoms. The average molecular weight is 1010 g/mol. The van der Waals surface area contributed by atoms with Gasteiger partial charge in [-0.1, -0.05) is 60.3 Å². The third-order valence-electron chi connectivity index (χ3n) is 10.5. The van der Waals surface area contributed by atoms with Crippen molar-refractivity contribution in [1.82, 2.24) is 0 Å². The van der Waals surface area contributed by atoms with Gasteiger partial charge in [0, 0.05) is 60.3 Å². The highest BCUT2D eigenvalue weighted by Gasteiger charge is 2.58. The zero-order chi connectivity index (χ0) is 51.2. The average Bonchev–Trinajstić information content (AvgIpc) is 3.27.